The van der Waals surface area contributed by atoms with Crippen LogP contribution in [0.5, 0.6) is 11.5 Å². The normalized spacial score (nSPS) is 10.9. The number of ether oxygens (including phenoxy) is 2. The van der Waals surface area contributed by atoms with E-state index in [-0.39, 0.29) is 5.91 Å². The standard InChI is InChI=1S/C26H21N3O4S/c1-31-23-10-7-18(12-24(23)32-2)21-14-34-26(29-21)17-5-3-16(4-6-17)13-27-25(30)19-8-9-22-20(11-19)28-15-33-22/h3-12,14-15H,13H2,1-2H3,(H,27,30). The second kappa shape index (κ2) is 9.36. The second-order valence-corrected chi connectivity index (χ2v) is 8.38. The lowest BCUT2D eigenvalue weighted by Crippen LogP contribution is -2.22. The molecule has 7 nitrogen and oxygen atoms in total. The number of amides is 1. The van der Waals surface area contributed by atoms with Gasteiger partial charge in [-0.1, -0.05) is 24.3 Å². The maximum absolute atomic E-state index is 12.5. The predicted molar refractivity (Wildman–Crippen MR) is 131 cm³/mol. The third-order valence-corrected chi connectivity index (χ3v) is 6.32. The number of thiazole rings is 1. The first kappa shape index (κ1) is 21.7. The van der Waals surface area contributed by atoms with Gasteiger partial charge in [-0.2, -0.15) is 0 Å². The molecule has 170 valence electrons. The van der Waals surface area contributed by atoms with Crippen LogP contribution in [0.15, 0.2) is 76.9 Å². The summed E-state index contributed by atoms with van der Waals surface area (Å²) in [5.41, 5.74) is 5.71. The van der Waals surface area contributed by atoms with Gasteiger partial charge >= 0.3 is 0 Å². The molecular formula is C26H21N3O4S. The highest BCUT2D eigenvalue weighted by Gasteiger charge is 2.11. The Morgan fingerprint density at radius 1 is 0.971 bits per heavy atom. The van der Waals surface area contributed by atoms with E-state index in [9.17, 15) is 4.79 Å². The van der Waals surface area contributed by atoms with E-state index in [2.05, 4.69) is 10.3 Å². The molecule has 8 heteroatoms. The molecule has 2 aromatic heterocycles. The lowest BCUT2D eigenvalue weighted by Gasteiger charge is -2.08. The summed E-state index contributed by atoms with van der Waals surface area (Å²) >= 11 is 1.58. The smallest absolute Gasteiger partial charge is 0.251 e. The maximum Gasteiger partial charge on any atom is 0.251 e. The van der Waals surface area contributed by atoms with Crippen LogP contribution in [-0.4, -0.2) is 30.1 Å². The number of nitrogens with zero attached hydrogens (tertiary/aromatic N) is 2. The van der Waals surface area contributed by atoms with Gasteiger partial charge in [-0.3, -0.25) is 4.79 Å². The van der Waals surface area contributed by atoms with E-state index in [4.69, 9.17) is 18.9 Å². The Morgan fingerprint density at radius 2 is 1.76 bits per heavy atom. The number of carbonyl (C=O) groups excluding carboxylic acids is 1. The first-order valence-corrected chi connectivity index (χ1v) is 11.4. The molecule has 0 aliphatic heterocycles. The van der Waals surface area contributed by atoms with E-state index >= 15 is 0 Å². The highest BCUT2D eigenvalue weighted by Crippen LogP contribution is 2.34. The van der Waals surface area contributed by atoms with Crippen molar-refractivity contribution in [2.24, 2.45) is 0 Å². The van der Waals surface area contributed by atoms with Crippen LogP contribution in [-0.2, 0) is 6.54 Å². The predicted octanol–water partition coefficient (Wildman–Crippen LogP) is 5.57. The molecule has 0 saturated carbocycles. The number of benzene rings is 3. The molecule has 5 rings (SSSR count). The van der Waals surface area contributed by atoms with Crippen molar-refractivity contribution in [1.82, 2.24) is 15.3 Å². The molecule has 3 aromatic carbocycles. The summed E-state index contributed by atoms with van der Waals surface area (Å²) in [7, 11) is 3.23. The number of nitrogens with one attached hydrogen (secondary N) is 1. The van der Waals surface area contributed by atoms with Crippen LogP contribution in [0.25, 0.3) is 32.9 Å². The van der Waals surface area contributed by atoms with Crippen LogP contribution in [0.3, 0.4) is 0 Å². The molecule has 2 heterocycles. The molecule has 0 bridgehead atoms. The number of hydrogen-bond donors (Lipinski definition) is 1. The van der Waals surface area contributed by atoms with Gasteiger partial charge in [-0.05, 0) is 42.0 Å². The zero-order chi connectivity index (χ0) is 23.5. The first-order valence-electron chi connectivity index (χ1n) is 10.5. The number of methoxy groups -OCH3 is 2. The van der Waals surface area contributed by atoms with Gasteiger partial charge in [0.25, 0.3) is 5.91 Å². The van der Waals surface area contributed by atoms with Gasteiger partial charge in [0.05, 0.1) is 19.9 Å². The Morgan fingerprint density at radius 3 is 2.56 bits per heavy atom. The number of aromatic nitrogens is 2. The molecule has 0 spiro atoms. The van der Waals surface area contributed by atoms with Gasteiger partial charge in [0.15, 0.2) is 23.5 Å². The molecule has 1 amide bonds. The largest absolute Gasteiger partial charge is 0.493 e. The van der Waals surface area contributed by atoms with Crippen molar-refractivity contribution in [2.75, 3.05) is 14.2 Å². The monoisotopic (exact) mass is 471 g/mol. The summed E-state index contributed by atoms with van der Waals surface area (Å²) in [4.78, 5) is 21.4. The molecule has 34 heavy (non-hydrogen) atoms. The van der Waals surface area contributed by atoms with E-state index in [0.29, 0.717) is 34.7 Å². The molecule has 0 aliphatic carbocycles. The van der Waals surface area contributed by atoms with Gasteiger partial charge in [0.1, 0.15) is 10.5 Å². The number of hydrogen-bond acceptors (Lipinski definition) is 7. The maximum atomic E-state index is 12.5. The van der Waals surface area contributed by atoms with E-state index in [1.165, 1.54) is 6.39 Å². The van der Waals surface area contributed by atoms with Crippen LogP contribution < -0.4 is 14.8 Å². The molecule has 0 saturated heterocycles. The van der Waals surface area contributed by atoms with E-state index in [1.807, 2.05) is 47.8 Å². The van der Waals surface area contributed by atoms with Gasteiger partial charge in [0.2, 0.25) is 0 Å². The van der Waals surface area contributed by atoms with Crippen molar-refractivity contribution in [3.8, 4) is 33.3 Å². The Kier molecular flexibility index (Phi) is 5.97. The Balaban J connectivity index is 1.25. The van der Waals surface area contributed by atoms with Crippen LogP contribution in [0, 0.1) is 0 Å². The minimum Gasteiger partial charge on any atom is -0.493 e. The minimum atomic E-state index is -0.159. The molecule has 1 N–H and O–H groups in total. The summed E-state index contributed by atoms with van der Waals surface area (Å²) in [5.74, 6) is 1.19. The van der Waals surface area contributed by atoms with Crippen molar-refractivity contribution in [2.45, 2.75) is 6.54 Å². The lowest BCUT2D eigenvalue weighted by molar-refractivity contribution is 0.0951. The third kappa shape index (κ3) is 4.35. The number of fused-ring (bicyclic) bond motifs is 1. The minimum absolute atomic E-state index is 0.159. The van der Waals surface area contributed by atoms with Crippen molar-refractivity contribution >= 4 is 28.3 Å². The van der Waals surface area contributed by atoms with Crippen LogP contribution >= 0.6 is 11.3 Å². The molecule has 0 radical (unpaired) electrons. The summed E-state index contributed by atoms with van der Waals surface area (Å²) in [6.07, 6.45) is 1.37. The van der Waals surface area contributed by atoms with Crippen LogP contribution in [0.4, 0.5) is 0 Å². The van der Waals surface area contributed by atoms with Crippen molar-refractivity contribution in [3.05, 3.63) is 83.6 Å². The fraction of sp³-hybridized carbons (Fsp3) is 0.115. The van der Waals surface area contributed by atoms with E-state index < -0.39 is 0 Å². The van der Waals surface area contributed by atoms with E-state index in [0.717, 1.165) is 27.4 Å². The molecule has 0 aliphatic rings. The number of oxazole rings is 1. The van der Waals surface area contributed by atoms with Gasteiger partial charge in [0, 0.05) is 28.6 Å². The van der Waals surface area contributed by atoms with Gasteiger partial charge in [-0.25, -0.2) is 9.97 Å². The third-order valence-electron chi connectivity index (χ3n) is 5.43. The van der Waals surface area contributed by atoms with Gasteiger partial charge < -0.3 is 19.2 Å². The zero-order valence-electron chi connectivity index (χ0n) is 18.6. The Hall–Kier alpha value is -4.17. The lowest BCUT2D eigenvalue weighted by atomic mass is 10.1. The number of rotatable bonds is 7. The average molecular weight is 472 g/mol. The average Bonchev–Trinajstić information content (AvgIpc) is 3.56. The topological polar surface area (TPSA) is 86.5 Å². The summed E-state index contributed by atoms with van der Waals surface area (Å²) in [6, 6.07) is 19.0. The highest BCUT2D eigenvalue weighted by atomic mass is 32.1. The van der Waals surface area contributed by atoms with Crippen molar-refractivity contribution in [3.63, 3.8) is 0 Å². The van der Waals surface area contributed by atoms with Crippen LogP contribution in [0.1, 0.15) is 15.9 Å². The van der Waals surface area contributed by atoms with Crippen molar-refractivity contribution in [1.29, 1.82) is 0 Å². The van der Waals surface area contributed by atoms with Gasteiger partial charge in [-0.15, -0.1) is 11.3 Å². The second-order valence-electron chi connectivity index (χ2n) is 7.52. The quantitative estimate of drug-likeness (QED) is 0.334. The van der Waals surface area contributed by atoms with Crippen LogP contribution in [0.2, 0.25) is 0 Å². The zero-order valence-corrected chi connectivity index (χ0v) is 19.4. The van der Waals surface area contributed by atoms with Crippen molar-refractivity contribution < 1.29 is 18.7 Å². The molecule has 0 fully saturated rings. The molecular weight excluding hydrogens is 450 g/mol. The Labute approximate surface area is 200 Å². The molecule has 0 atom stereocenters. The summed E-state index contributed by atoms with van der Waals surface area (Å²) < 4.78 is 15.9. The highest BCUT2D eigenvalue weighted by molar-refractivity contribution is 7.13. The fourth-order valence-electron chi connectivity index (χ4n) is 3.58. The summed E-state index contributed by atoms with van der Waals surface area (Å²) in [6.45, 7) is 0.421. The summed E-state index contributed by atoms with van der Waals surface area (Å²) in [5, 5.41) is 5.89. The van der Waals surface area contributed by atoms with E-state index in [1.54, 1.807) is 43.8 Å². The fourth-order valence-corrected chi connectivity index (χ4v) is 4.42. The molecule has 0 unspecified atom stereocenters. The SMILES string of the molecule is COc1ccc(-c2csc(-c3ccc(CNC(=O)c4ccc5ocnc5c4)cc3)n2)cc1OC. The first-order chi connectivity index (χ1) is 16.6. The molecule has 5 aromatic rings. The number of carbonyl (C=O) groups is 1. The Bertz CT molecular complexity index is 1460.